The number of rotatable bonds is 3. The molecule has 2 saturated heterocycles. The molecule has 0 radical (unpaired) electrons. The summed E-state index contributed by atoms with van der Waals surface area (Å²) >= 11 is 0. The number of aromatic nitrogens is 1. The van der Waals surface area contributed by atoms with Crippen molar-refractivity contribution in [3.05, 3.63) is 47.7 Å². The van der Waals surface area contributed by atoms with Gasteiger partial charge in [0, 0.05) is 11.9 Å². The summed E-state index contributed by atoms with van der Waals surface area (Å²) in [5, 5.41) is 7.75. The Morgan fingerprint density at radius 1 is 0.979 bits per heavy atom. The summed E-state index contributed by atoms with van der Waals surface area (Å²) in [4.78, 5) is 58.7. The lowest BCUT2D eigenvalue weighted by atomic mass is 9.87. The molecular formula is C33H41F2N5O7. The van der Waals surface area contributed by atoms with Gasteiger partial charge in [-0.3, -0.25) is 29.2 Å². The van der Waals surface area contributed by atoms with Crippen molar-refractivity contribution < 1.29 is 42.2 Å². The van der Waals surface area contributed by atoms with Crippen molar-refractivity contribution in [2.75, 3.05) is 33.1 Å². The number of nitrogens with zero attached hydrogens (tertiary/aromatic N) is 2. The van der Waals surface area contributed by atoms with Crippen LogP contribution in [0.3, 0.4) is 0 Å². The number of benzene rings is 1. The number of carbonyl (C=O) groups excluding carboxylic acids is 4. The topological polar surface area (TPSA) is 148 Å². The molecule has 3 aliphatic rings. The van der Waals surface area contributed by atoms with Crippen LogP contribution in [-0.2, 0) is 33.4 Å². The number of amides is 3. The Balaban J connectivity index is 1.54. The average molecular weight is 658 g/mol. The molecule has 2 aromatic rings. The van der Waals surface area contributed by atoms with Crippen molar-refractivity contribution in [3.63, 3.8) is 0 Å². The Kier molecular flexibility index (Phi) is 10.2. The number of hydrogen-bond donors (Lipinski definition) is 3. The molecule has 14 heteroatoms. The number of carbonyl (C=O) groups is 4. The van der Waals surface area contributed by atoms with Gasteiger partial charge >= 0.3 is 5.97 Å². The van der Waals surface area contributed by atoms with Crippen molar-refractivity contribution in [1.29, 1.82) is 0 Å². The molecule has 4 atom stereocenters. The monoisotopic (exact) mass is 657 g/mol. The number of esters is 1. The maximum Gasteiger partial charge on any atom is 0.321 e. The lowest BCUT2D eigenvalue weighted by molar-refractivity contribution is -0.305. The van der Waals surface area contributed by atoms with Gasteiger partial charge in [0.15, 0.2) is 6.10 Å². The fourth-order valence-corrected chi connectivity index (χ4v) is 5.66. The average Bonchev–Trinajstić information content (AvgIpc) is 3.08. The number of ether oxygens (including phenoxy) is 3. The van der Waals surface area contributed by atoms with E-state index in [1.165, 1.54) is 18.0 Å². The quantitative estimate of drug-likeness (QED) is 0.424. The lowest BCUT2D eigenvalue weighted by Crippen LogP contribution is -2.61. The Morgan fingerprint density at radius 2 is 1.66 bits per heavy atom. The first-order valence-corrected chi connectivity index (χ1v) is 15.8. The highest BCUT2D eigenvalue weighted by Crippen LogP contribution is 2.35. The predicted octanol–water partition coefficient (Wildman–Crippen LogP) is 2.68. The number of pyridine rings is 1. The van der Waals surface area contributed by atoms with E-state index in [9.17, 15) is 28.0 Å². The third-order valence-electron chi connectivity index (χ3n) is 8.73. The minimum absolute atomic E-state index is 0.297. The third kappa shape index (κ3) is 7.29. The molecule has 1 aromatic heterocycles. The van der Waals surface area contributed by atoms with Crippen LogP contribution >= 0.6 is 0 Å². The van der Waals surface area contributed by atoms with Crippen molar-refractivity contribution in [3.8, 4) is 0 Å². The number of alkyl halides is 2. The van der Waals surface area contributed by atoms with E-state index in [2.05, 4.69) is 16.1 Å². The molecule has 1 aromatic carbocycles. The molecule has 254 valence electrons. The highest BCUT2D eigenvalue weighted by molar-refractivity contribution is 5.92. The molecule has 5 rings (SSSR count). The summed E-state index contributed by atoms with van der Waals surface area (Å²) < 4.78 is 44.1. The summed E-state index contributed by atoms with van der Waals surface area (Å²) in [6, 6.07) is 6.98. The Bertz CT molecular complexity index is 1540. The van der Waals surface area contributed by atoms with E-state index in [1.54, 1.807) is 32.1 Å². The van der Waals surface area contributed by atoms with Gasteiger partial charge in [-0.25, -0.2) is 14.2 Å². The van der Waals surface area contributed by atoms with E-state index in [0.717, 1.165) is 5.39 Å². The number of cyclic esters (lactones) is 1. The van der Waals surface area contributed by atoms with E-state index < -0.39 is 85.7 Å². The highest BCUT2D eigenvalue weighted by atomic mass is 19.1. The highest BCUT2D eigenvalue weighted by Gasteiger charge is 2.50. The molecule has 1 spiro atoms. The Hall–Kier alpha value is -4.01. The first-order chi connectivity index (χ1) is 22.4. The molecule has 0 aliphatic carbocycles. The smallest absolute Gasteiger partial charge is 0.321 e. The summed E-state index contributed by atoms with van der Waals surface area (Å²) in [7, 11) is 0. The lowest BCUT2D eigenvalue weighted by Gasteiger charge is -2.41. The molecule has 47 heavy (non-hydrogen) atoms. The van der Waals surface area contributed by atoms with Crippen LogP contribution in [-0.4, -0.2) is 90.8 Å². The summed E-state index contributed by atoms with van der Waals surface area (Å²) in [6.45, 7) is 3.48. The second-order valence-electron chi connectivity index (χ2n) is 12.8. The maximum absolute atomic E-state index is 13.9. The maximum atomic E-state index is 13.9. The molecule has 4 heterocycles. The van der Waals surface area contributed by atoms with Crippen LogP contribution in [0.2, 0.25) is 0 Å². The van der Waals surface area contributed by atoms with Gasteiger partial charge in [-0.2, -0.15) is 0 Å². The first-order valence-electron chi connectivity index (χ1n) is 15.8. The Morgan fingerprint density at radius 3 is 2.34 bits per heavy atom. The molecule has 3 aliphatic heterocycles. The second-order valence-corrected chi connectivity index (χ2v) is 12.8. The number of fused-ring (bicyclic) bond motifs is 4. The zero-order chi connectivity index (χ0) is 33.9. The second kappa shape index (κ2) is 14.0. The van der Waals surface area contributed by atoms with Gasteiger partial charge < -0.3 is 24.8 Å². The zero-order valence-electron chi connectivity index (χ0n) is 26.9. The largest absolute Gasteiger partial charge is 0.451 e. The van der Waals surface area contributed by atoms with Crippen LogP contribution in [0.4, 0.5) is 8.78 Å². The molecule has 3 N–H and O–H groups in total. The number of nitrogens with one attached hydrogen (secondary N) is 3. The third-order valence-corrected chi connectivity index (χ3v) is 8.73. The van der Waals surface area contributed by atoms with Gasteiger partial charge in [-0.1, -0.05) is 44.2 Å². The van der Waals surface area contributed by atoms with Crippen molar-refractivity contribution in [2.24, 2.45) is 11.3 Å². The molecule has 0 saturated carbocycles. The van der Waals surface area contributed by atoms with Crippen LogP contribution in [0.15, 0.2) is 36.4 Å². The van der Waals surface area contributed by atoms with Crippen LogP contribution in [0, 0.1) is 11.3 Å². The van der Waals surface area contributed by atoms with Gasteiger partial charge in [0.05, 0.1) is 30.5 Å². The van der Waals surface area contributed by atoms with E-state index in [0.29, 0.717) is 36.2 Å². The summed E-state index contributed by atoms with van der Waals surface area (Å²) in [6.07, 6.45) is 2.83. The molecule has 2 fully saturated rings. The zero-order valence-corrected chi connectivity index (χ0v) is 26.9. The Labute approximate surface area is 271 Å². The number of hydrazine groups is 1. The fraction of sp³-hybridized carbons (Fsp3) is 0.545. The van der Waals surface area contributed by atoms with E-state index in [1.807, 2.05) is 25.1 Å². The van der Waals surface area contributed by atoms with Gasteiger partial charge in [0.25, 0.3) is 11.8 Å². The van der Waals surface area contributed by atoms with Gasteiger partial charge in [0.1, 0.15) is 30.8 Å². The fourth-order valence-electron chi connectivity index (χ4n) is 5.66. The minimum Gasteiger partial charge on any atom is -0.451 e. The van der Waals surface area contributed by atoms with E-state index in [-0.39, 0.29) is 5.91 Å². The molecule has 5 bridgehead atoms. The summed E-state index contributed by atoms with van der Waals surface area (Å²) in [5.41, 5.74) is 3.19. The van der Waals surface area contributed by atoms with Gasteiger partial charge in [-0.15, -0.1) is 0 Å². The standard InChI is InChI=1S/C33H41F2N5O7/c1-19(2)27-29(42)37-21(4)30(43)40-13-5-6-25(39-40)28(41)36-20(3)24-10-9-23-8-7-22(14-26(23)38-24)11-12-32(31(44)47-27)17-45-33(15-34,16-35)46-18-32/h7-12,14,19-21,25,27,39H,5-6,13,15-18H2,1-4H3,(H,36,41)(H,37,42)/b12-11+/t20?,21-,25-,27-/m0/s1. The van der Waals surface area contributed by atoms with Crippen molar-refractivity contribution in [1.82, 2.24) is 26.1 Å². The van der Waals surface area contributed by atoms with Crippen LogP contribution < -0.4 is 16.1 Å². The molecular weight excluding hydrogens is 616 g/mol. The number of halogens is 2. The van der Waals surface area contributed by atoms with E-state index in [4.69, 9.17) is 19.2 Å². The van der Waals surface area contributed by atoms with Gasteiger partial charge in [-0.05, 0) is 50.3 Å². The molecule has 12 nitrogen and oxygen atoms in total. The van der Waals surface area contributed by atoms with Crippen LogP contribution in [0.25, 0.3) is 17.0 Å². The van der Waals surface area contributed by atoms with E-state index >= 15 is 0 Å². The predicted molar refractivity (Wildman–Crippen MR) is 167 cm³/mol. The van der Waals surface area contributed by atoms with Crippen molar-refractivity contribution in [2.45, 2.75) is 70.6 Å². The molecule has 1 unspecified atom stereocenters. The summed E-state index contributed by atoms with van der Waals surface area (Å²) in [5.74, 6) is -5.06. The normalized spacial score (nSPS) is 27.8. The number of hydrogen-bond acceptors (Lipinski definition) is 9. The molecule has 3 amide bonds. The SMILES string of the molecule is CC1NC(=O)[C@@H]2CCCN(N2)C(=O)[C@H](C)NC(=O)[C@H](C(C)C)OC(=O)C2(/C=C/c3ccc4ccc1nc4c3)COC(CF)(CF)OC2. The van der Waals surface area contributed by atoms with Crippen LogP contribution in [0.1, 0.15) is 57.8 Å². The van der Waals surface area contributed by atoms with Gasteiger partial charge in [0.2, 0.25) is 11.7 Å². The first kappa shape index (κ1) is 34.3. The minimum atomic E-state index is -2.15. The van der Waals surface area contributed by atoms with Crippen molar-refractivity contribution >= 4 is 40.7 Å². The van der Waals surface area contributed by atoms with Crippen LogP contribution in [0.5, 0.6) is 0 Å².